The Kier molecular flexibility index (Phi) is 5.43. The lowest BCUT2D eigenvalue weighted by molar-refractivity contribution is 0.0594. The van der Waals surface area contributed by atoms with Gasteiger partial charge in [0.2, 0.25) is 10.0 Å². The molecule has 1 aromatic rings. The Morgan fingerprint density at radius 1 is 1.38 bits per heavy atom. The number of aryl methyl sites for hydroxylation is 2. The molecule has 120 valence electrons. The lowest BCUT2D eigenvalue weighted by Gasteiger charge is -2.16. The minimum Gasteiger partial charge on any atom is -0.465 e. The van der Waals surface area contributed by atoms with Crippen LogP contribution in [-0.2, 0) is 14.8 Å². The summed E-state index contributed by atoms with van der Waals surface area (Å²) in [5, 5.41) is 0. The molecule has 0 radical (unpaired) electrons. The van der Waals surface area contributed by atoms with Crippen molar-refractivity contribution in [2.24, 2.45) is 5.73 Å². The molecule has 0 amide bonds. The predicted molar refractivity (Wildman–Crippen MR) is 78.1 cm³/mol. The van der Waals surface area contributed by atoms with Crippen LogP contribution >= 0.6 is 12.4 Å². The Labute approximate surface area is 129 Å². The fourth-order valence-electron chi connectivity index (χ4n) is 2.41. The molecular weight excluding hydrogens is 320 g/mol. The fourth-order valence-corrected chi connectivity index (χ4v) is 4.30. The molecule has 9 heteroatoms. The number of hydrogen-bond acceptors (Lipinski definition) is 6. The van der Waals surface area contributed by atoms with Crippen LogP contribution < -0.4 is 5.73 Å². The van der Waals surface area contributed by atoms with Gasteiger partial charge in [0.1, 0.15) is 22.0 Å². The summed E-state index contributed by atoms with van der Waals surface area (Å²) in [6.45, 7) is 3.64. The number of halogens is 1. The van der Waals surface area contributed by atoms with Gasteiger partial charge in [-0.15, -0.1) is 12.4 Å². The highest BCUT2D eigenvalue weighted by Crippen LogP contribution is 2.31. The monoisotopic (exact) mass is 338 g/mol. The van der Waals surface area contributed by atoms with E-state index in [2.05, 4.69) is 4.74 Å². The van der Waals surface area contributed by atoms with Crippen molar-refractivity contribution >= 4 is 28.4 Å². The predicted octanol–water partition coefficient (Wildman–Crippen LogP) is 0.827. The molecule has 1 aromatic heterocycles. The quantitative estimate of drug-likeness (QED) is 0.819. The Bertz CT molecular complexity index is 640. The molecule has 2 N–H and O–H groups in total. The number of furan rings is 1. The van der Waals surface area contributed by atoms with Crippen LogP contribution in [-0.4, -0.2) is 44.9 Å². The number of nitrogens with zero attached hydrogens (tertiary/aromatic N) is 1. The van der Waals surface area contributed by atoms with Gasteiger partial charge >= 0.3 is 5.97 Å². The van der Waals surface area contributed by atoms with Gasteiger partial charge in [-0.2, -0.15) is 4.31 Å². The van der Waals surface area contributed by atoms with E-state index in [9.17, 15) is 13.2 Å². The van der Waals surface area contributed by atoms with Crippen molar-refractivity contribution in [1.29, 1.82) is 0 Å². The molecule has 0 unspecified atom stereocenters. The number of carbonyl (C=O) groups is 1. The van der Waals surface area contributed by atoms with Gasteiger partial charge in [0.05, 0.1) is 7.11 Å². The smallest absolute Gasteiger partial charge is 0.342 e. The van der Waals surface area contributed by atoms with E-state index in [1.54, 1.807) is 0 Å². The normalized spacial score (nSPS) is 19.3. The van der Waals surface area contributed by atoms with E-state index in [0.717, 1.165) is 0 Å². The van der Waals surface area contributed by atoms with Crippen molar-refractivity contribution in [2.45, 2.75) is 31.2 Å². The van der Waals surface area contributed by atoms with Crippen molar-refractivity contribution in [1.82, 2.24) is 4.31 Å². The molecule has 0 aromatic carbocycles. The topological polar surface area (TPSA) is 103 Å². The maximum Gasteiger partial charge on any atom is 0.342 e. The van der Waals surface area contributed by atoms with Crippen molar-refractivity contribution in [3.05, 3.63) is 17.1 Å². The second-order valence-electron chi connectivity index (χ2n) is 4.82. The lowest BCUT2D eigenvalue weighted by Crippen LogP contribution is -2.33. The van der Waals surface area contributed by atoms with Crippen molar-refractivity contribution < 1.29 is 22.4 Å². The SMILES string of the molecule is COC(=O)c1c(C)oc(C)c1S(=O)(=O)N1CC[C@@H](N)C1.Cl. The Morgan fingerprint density at radius 3 is 2.48 bits per heavy atom. The van der Waals surface area contributed by atoms with Gasteiger partial charge in [-0.05, 0) is 20.3 Å². The largest absolute Gasteiger partial charge is 0.465 e. The van der Waals surface area contributed by atoms with E-state index in [1.807, 2.05) is 0 Å². The summed E-state index contributed by atoms with van der Waals surface area (Å²) < 4.78 is 36.5. The molecule has 0 aliphatic carbocycles. The van der Waals surface area contributed by atoms with Crippen LogP contribution in [0.3, 0.4) is 0 Å². The summed E-state index contributed by atoms with van der Waals surface area (Å²) in [5.41, 5.74) is 5.71. The summed E-state index contributed by atoms with van der Waals surface area (Å²) in [4.78, 5) is 11.7. The van der Waals surface area contributed by atoms with Crippen molar-refractivity contribution in [2.75, 3.05) is 20.2 Å². The zero-order chi connectivity index (χ0) is 15.1. The number of carbonyl (C=O) groups excluding carboxylic acids is 1. The molecule has 0 bridgehead atoms. The number of sulfonamides is 1. The minimum absolute atomic E-state index is 0. The number of hydrogen-bond donors (Lipinski definition) is 1. The Balaban J connectivity index is 0.00000220. The molecule has 1 atom stereocenters. The third-order valence-corrected chi connectivity index (χ3v) is 5.40. The minimum atomic E-state index is -3.81. The van der Waals surface area contributed by atoms with Crippen LogP contribution in [0, 0.1) is 13.8 Å². The van der Waals surface area contributed by atoms with Crippen LogP contribution in [0.2, 0.25) is 0 Å². The van der Waals surface area contributed by atoms with Gasteiger partial charge in [0, 0.05) is 19.1 Å². The first-order chi connectivity index (χ1) is 9.28. The van der Waals surface area contributed by atoms with E-state index < -0.39 is 16.0 Å². The highest BCUT2D eigenvalue weighted by molar-refractivity contribution is 7.89. The van der Waals surface area contributed by atoms with E-state index in [4.69, 9.17) is 10.2 Å². The van der Waals surface area contributed by atoms with Crippen LogP contribution in [0.25, 0.3) is 0 Å². The van der Waals surface area contributed by atoms with Gasteiger partial charge in [-0.25, -0.2) is 13.2 Å². The van der Waals surface area contributed by atoms with E-state index in [1.165, 1.54) is 25.3 Å². The summed E-state index contributed by atoms with van der Waals surface area (Å²) >= 11 is 0. The number of rotatable bonds is 3. The first kappa shape index (κ1) is 18.0. The van der Waals surface area contributed by atoms with Crippen LogP contribution in [0.1, 0.15) is 28.3 Å². The molecular formula is C12H19ClN2O5S. The second-order valence-corrected chi connectivity index (χ2v) is 6.70. The van der Waals surface area contributed by atoms with Gasteiger partial charge in [0.15, 0.2) is 0 Å². The first-order valence-electron chi connectivity index (χ1n) is 6.23. The number of methoxy groups -OCH3 is 1. The van der Waals surface area contributed by atoms with E-state index in [-0.39, 0.29) is 47.0 Å². The summed E-state index contributed by atoms with van der Waals surface area (Å²) in [5.74, 6) is -0.304. The molecule has 21 heavy (non-hydrogen) atoms. The van der Waals surface area contributed by atoms with Gasteiger partial charge in [-0.1, -0.05) is 0 Å². The number of ether oxygens (including phenoxy) is 1. The average molecular weight is 339 g/mol. The molecule has 1 aliphatic rings. The van der Waals surface area contributed by atoms with Gasteiger partial charge < -0.3 is 14.9 Å². The summed E-state index contributed by atoms with van der Waals surface area (Å²) in [6, 6.07) is -0.181. The molecule has 7 nitrogen and oxygen atoms in total. The standard InChI is InChI=1S/C12H18N2O5S.ClH/c1-7-10(12(15)18-3)11(8(2)19-7)20(16,17)14-5-4-9(13)6-14;/h9H,4-6,13H2,1-3H3;1H/t9-;/m1./s1. The molecule has 1 aliphatic heterocycles. The van der Waals surface area contributed by atoms with E-state index >= 15 is 0 Å². The van der Waals surface area contributed by atoms with Crippen molar-refractivity contribution in [3.8, 4) is 0 Å². The zero-order valence-corrected chi connectivity index (χ0v) is 13.7. The number of esters is 1. The Hall–Kier alpha value is -1.09. The highest BCUT2D eigenvalue weighted by atomic mass is 35.5. The molecule has 2 heterocycles. The third-order valence-electron chi connectivity index (χ3n) is 3.38. The second kappa shape index (κ2) is 6.35. The fraction of sp³-hybridized carbons (Fsp3) is 0.583. The van der Waals surface area contributed by atoms with Crippen LogP contribution in [0.15, 0.2) is 9.31 Å². The highest BCUT2D eigenvalue weighted by Gasteiger charge is 2.38. The molecule has 0 saturated carbocycles. The van der Waals surface area contributed by atoms with Gasteiger partial charge in [0.25, 0.3) is 0 Å². The molecule has 2 rings (SSSR count). The van der Waals surface area contributed by atoms with Crippen molar-refractivity contribution in [3.63, 3.8) is 0 Å². The summed E-state index contributed by atoms with van der Waals surface area (Å²) in [6.07, 6.45) is 0.600. The first-order valence-corrected chi connectivity index (χ1v) is 7.67. The van der Waals surface area contributed by atoms with Crippen LogP contribution in [0.5, 0.6) is 0 Å². The molecule has 1 saturated heterocycles. The maximum atomic E-state index is 12.7. The lowest BCUT2D eigenvalue weighted by atomic mass is 10.2. The molecule has 0 spiro atoms. The summed E-state index contributed by atoms with van der Waals surface area (Å²) in [7, 11) is -2.61. The number of nitrogens with two attached hydrogens (primary N) is 1. The van der Waals surface area contributed by atoms with Gasteiger partial charge in [-0.3, -0.25) is 0 Å². The zero-order valence-electron chi connectivity index (χ0n) is 12.1. The molecule has 1 fully saturated rings. The van der Waals surface area contributed by atoms with E-state index in [0.29, 0.717) is 13.0 Å². The Morgan fingerprint density at radius 2 is 2.00 bits per heavy atom. The van der Waals surface area contributed by atoms with Crippen LogP contribution in [0.4, 0.5) is 0 Å². The average Bonchev–Trinajstić information content (AvgIpc) is 2.92. The third kappa shape index (κ3) is 3.08. The maximum absolute atomic E-state index is 12.7.